The van der Waals surface area contributed by atoms with Crippen molar-refractivity contribution in [3.05, 3.63) is 102 Å². The Balaban J connectivity index is 1.77. The highest BCUT2D eigenvalue weighted by atomic mass is 32.2. The molecule has 3 aromatic carbocycles. The molecule has 31 heavy (non-hydrogen) atoms. The van der Waals surface area contributed by atoms with Gasteiger partial charge in [0.05, 0.1) is 20.2 Å². The van der Waals surface area contributed by atoms with Gasteiger partial charge in [-0.2, -0.15) is 8.42 Å². The third-order valence-electron chi connectivity index (χ3n) is 4.40. The van der Waals surface area contributed by atoms with Crippen LogP contribution in [0, 0.1) is 6.92 Å². The van der Waals surface area contributed by atoms with Crippen LogP contribution in [-0.4, -0.2) is 27.1 Å². The zero-order valence-electron chi connectivity index (χ0n) is 19.0. The van der Waals surface area contributed by atoms with Gasteiger partial charge >= 0.3 is 6.09 Å². The van der Waals surface area contributed by atoms with Gasteiger partial charge in [0, 0.05) is 0 Å². The van der Waals surface area contributed by atoms with E-state index in [1.807, 2.05) is 6.07 Å². The van der Waals surface area contributed by atoms with Gasteiger partial charge in [0.15, 0.2) is 0 Å². The van der Waals surface area contributed by atoms with Crippen LogP contribution in [0.5, 0.6) is 0 Å². The summed E-state index contributed by atoms with van der Waals surface area (Å²) in [5, 5.41) is 2.43. The van der Waals surface area contributed by atoms with Gasteiger partial charge in [-0.1, -0.05) is 78.4 Å². The number of carbonyl (C=O) groups excluding carboxylic acids is 1. The van der Waals surface area contributed by atoms with Crippen LogP contribution in [0.25, 0.3) is 0 Å². The molecule has 0 saturated heterocycles. The SMILES string of the molecule is [2H]C([2H])(OS(=O)(=O)c1ccc(C)cc1)C(Cc1ccccc1)NC(=O)OCc1ccccc1. The van der Waals surface area contributed by atoms with E-state index in [4.69, 9.17) is 11.7 Å². The van der Waals surface area contributed by atoms with E-state index < -0.39 is 28.8 Å². The summed E-state index contributed by atoms with van der Waals surface area (Å²) in [6.45, 7) is -0.973. The molecule has 0 spiro atoms. The Hall–Kier alpha value is -3.16. The van der Waals surface area contributed by atoms with Gasteiger partial charge in [0.1, 0.15) is 6.61 Å². The lowest BCUT2D eigenvalue weighted by Gasteiger charge is -2.19. The van der Waals surface area contributed by atoms with E-state index in [1.54, 1.807) is 73.7 Å². The van der Waals surface area contributed by atoms with Crippen LogP contribution in [0.4, 0.5) is 4.79 Å². The minimum Gasteiger partial charge on any atom is -0.445 e. The number of alkyl carbamates (subject to hydrolysis) is 1. The Morgan fingerprint density at radius 1 is 0.935 bits per heavy atom. The molecule has 0 radical (unpaired) electrons. The first-order chi connectivity index (χ1) is 15.7. The van der Waals surface area contributed by atoms with Gasteiger partial charge in [0.25, 0.3) is 10.1 Å². The van der Waals surface area contributed by atoms with Crippen molar-refractivity contribution in [3.63, 3.8) is 0 Å². The first-order valence-electron chi connectivity index (χ1n) is 10.7. The molecule has 1 amide bonds. The van der Waals surface area contributed by atoms with Crippen molar-refractivity contribution >= 4 is 16.2 Å². The van der Waals surface area contributed by atoms with E-state index in [9.17, 15) is 13.2 Å². The second-order valence-corrected chi connectivity index (χ2v) is 8.46. The van der Waals surface area contributed by atoms with Crippen molar-refractivity contribution in [3.8, 4) is 0 Å². The highest BCUT2D eigenvalue weighted by Crippen LogP contribution is 2.14. The third-order valence-corrected chi connectivity index (χ3v) is 5.56. The Labute approximate surface area is 185 Å². The number of carbonyl (C=O) groups is 1. The van der Waals surface area contributed by atoms with Gasteiger partial charge in [-0.3, -0.25) is 4.18 Å². The molecular weight excluding hydrogens is 414 g/mol. The summed E-state index contributed by atoms with van der Waals surface area (Å²) < 4.78 is 52.3. The lowest BCUT2D eigenvalue weighted by Crippen LogP contribution is -2.40. The first-order valence-corrected chi connectivity index (χ1v) is 11.1. The number of ether oxygens (including phenoxy) is 1. The fourth-order valence-electron chi connectivity index (χ4n) is 2.75. The minimum atomic E-state index is -4.43. The molecular formula is C24H25NO5S. The van der Waals surface area contributed by atoms with E-state index in [-0.39, 0.29) is 17.9 Å². The maximum Gasteiger partial charge on any atom is 0.407 e. The van der Waals surface area contributed by atoms with Crippen molar-refractivity contribution < 1.29 is 24.9 Å². The predicted octanol–water partition coefficient (Wildman–Crippen LogP) is 4.24. The summed E-state index contributed by atoms with van der Waals surface area (Å²) in [6, 6.07) is 22.3. The summed E-state index contributed by atoms with van der Waals surface area (Å²) in [5.74, 6) is 0. The summed E-state index contributed by atoms with van der Waals surface area (Å²) >= 11 is 0. The lowest BCUT2D eigenvalue weighted by atomic mass is 10.1. The van der Waals surface area contributed by atoms with Crippen LogP contribution in [-0.2, 0) is 32.1 Å². The van der Waals surface area contributed by atoms with E-state index in [1.165, 1.54) is 12.1 Å². The van der Waals surface area contributed by atoms with Gasteiger partial charge in [-0.15, -0.1) is 0 Å². The van der Waals surface area contributed by atoms with Crippen molar-refractivity contribution in [1.82, 2.24) is 5.32 Å². The smallest absolute Gasteiger partial charge is 0.407 e. The number of rotatable bonds is 9. The van der Waals surface area contributed by atoms with Crippen molar-refractivity contribution in [1.29, 1.82) is 0 Å². The average Bonchev–Trinajstić information content (AvgIpc) is 2.78. The van der Waals surface area contributed by atoms with Crippen molar-refractivity contribution in [2.24, 2.45) is 0 Å². The molecule has 162 valence electrons. The third kappa shape index (κ3) is 7.24. The number of amides is 1. The normalized spacial score (nSPS) is 13.6. The molecule has 1 N–H and O–H groups in total. The quantitative estimate of drug-likeness (QED) is 0.503. The monoisotopic (exact) mass is 441 g/mol. The number of hydrogen-bond acceptors (Lipinski definition) is 5. The van der Waals surface area contributed by atoms with Crippen molar-refractivity contribution in [2.45, 2.75) is 30.9 Å². The second kappa shape index (κ2) is 10.7. The molecule has 0 bridgehead atoms. The largest absolute Gasteiger partial charge is 0.445 e. The van der Waals surface area contributed by atoms with Crippen LogP contribution < -0.4 is 5.32 Å². The number of hydrogen-bond donors (Lipinski definition) is 1. The molecule has 0 heterocycles. The van der Waals surface area contributed by atoms with Gasteiger partial charge < -0.3 is 10.1 Å². The molecule has 6 nitrogen and oxygen atoms in total. The number of aryl methyl sites for hydroxylation is 1. The Morgan fingerprint density at radius 3 is 2.13 bits per heavy atom. The topological polar surface area (TPSA) is 81.7 Å². The molecule has 0 fully saturated rings. The summed E-state index contributed by atoms with van der Waals surface area (Å²) in [5.41, 5.74) is 2.29. The molecule has 0 aromatic heterocycles. The zero-order chi connectivity index (χ0) is 23.9. The highest BCUT2D eigenvalue weighted by molar-refractivity contribution is 7.86. The van der Waals surface area contributed by atoms with Crippen LogP contribution in [0.1, 0.15) is 19.4 Å². The Bertz CT molecular complexity index is 1150. The minimum absolute atomic E-state index is 0.0162. The molecule has 7 heteroatoms. The van der Waals surface area contributed by atoms with E-state index in [0.717, 1.165) is 11.1 Å². The van der Waals surface area contributed by atoms with E-state index >= 15 is 0 Å². The maximum absolute atomic E-state index is 12.7. The molecule has 0 aliphatic heterocycles. The Kier molecular flexibility index (Phi) is 6.86. The van der Waals surface area contributed by atoms with Gasteiger partial charge in [0.2, 0.25) is 0 Å². The summed E-state index contributed by atoms with van der Waals surface area (Å²) in [7, 11) is -4.43. The molecule has 3 rings (SSSR count). The molecule has 1 unspecified atom stereocenters. The van der Waals surface area contributed by atoms with Crippen LogP contribution in [0.3, 0.4) is 0 Å². The average molecular weight is 442 g/mol. The van der Waals surface area contributed by atoms with E-state index in [0.29, 0.717) is 5.56 Å². The standard InChI is InChI=1S/C24H25NO5S/c1-19-12-14-23(15-13-19)31(27,28)30-18-22(16-20-8-4-2-5-9-20)25-24(26)29-17-21-10-6-3-7-11-21/h2-15,22H,16-18H2,1H3,(H,25,26)/i18D2. The predicted molar refractivity (Wildman–Crippen MR) is 118 cm³/mol. The number of benzene rings is 3. The molecule has 0 aliphatic carbocycles. The Morgan fingerprint density at radius 2 is 1.52 bits per heavy atom. The lowest BCUT2D eigenvalue weighted by molar-refractivity contribution is 0.131. The first kappa shape index (κ1) is 19.8. The zero-order valence-corrected chi connectivity index (χ0v) is 17.8. The van der Waals surface area contributed by atoms with E-state index in [2.05, 4.69) is 5.32 Å². The fraction of sp³-hybridized carbons (Fsp3) is 0.208. The number of nitrogens with one attached hydrogen (secondary N) is 1. The van der Waals surface area contributed by atoms with Crippen LogP contribution in [0.15, 0.2) is 89.8 Å². The molecule has 0 saturated carbocycles. The summed E-state index contributed by atoms with van der Waals surface area (Å²) in [6.07, 6.45) is -0.905. The molecule has 0 aliphatic rings. The van der Waals surface area contributed by atoms with Gasteiger partial charge in [-0.25, -0.2) is 4.79 Å². The summed E-state index contributed by atoms with van der Waals surface area (Å²) in [4.78, 5) is 12.3. The van der Waals surface area contributed by atoms with Crippen LogP contribution in [0.2, 0.25) is 0 Å². The van der Waals surface area contributed by atoms with Gasteiger partial charge in [-0.05, 0) is 36.6 Å². The fourth-order valence-corrected chi connectivity index (χ4v) is 3.56. The molecule has 1 atom stereocenters. The molecule has 3 aromatic rings. The second-order valence-electron chi connectivity index (χ2n) is 6.92. The van der Waals surface area contributed by atoms with Crippen LogP contribution >= 0.6 is 0 Å². The maximum atomic E-state index is 12.7. The highest BCUT2D eigenvalue weighted by Gasteiger charge is 2.21. The van der Waals surface area contributed by atoms with Crippen molar-refractivity contribution in [2.75, 3.05) is 6.56 Å².